The zero-order valence-corrected chi connectivity index (χ0v) is 18.4. The Morgan fingerprint density at radius 1 is 1.06 bits per heavy atom. The Balaban J connectivity index is 0.00000385. The number of hydrogen-bond donors (Lipinski definition) is 3. The summed E-state index contributed by atoms with van der Waals surface area (Å²) in [4.78, 5) is 20.6. The minimum absolute atomic E-state index is 0. The van der Waals surface area contributed by atoms with Crippen LogP contribution in [0.15, 0.2) is 30.5 Å². The predicted octanol–water partition coefficient (Wildman–Crippen LogP) is 5.81. The van der Waals surface area contributed by atoms with Crippen LogP contribution in [0.4, 0.5) is 38.3 Å². The summed E-state index contributed by atoms with van der Waals surface area (Å²) >= 11 is 0. The molecule has 0 saturated heterocycles. The van der Waals surface area contributed by atoms with E-state index in [2.05, 4.69) is 25.9 Å². The largest absolute Gasteiger partial charge is 0.389 e. The molecule has 3 N–H and O–H groups in total. The van der Waals surface area contributed by atoms with Crippen molar-refractivity contribution in [1.82, 2.24) is 15.3 Å². The standard InChI is InChI=1S/C21H20F5N5O.ClH/c1-11-13(6-12-10-29-19(27-2)9-17(12)30-11)14-7-18(16(23)8-15(14)22)31-20(32)28-5-3-4-21(24,25)26;/h6-10H,3-5H2,1-2H3,(H,27,29)(H2,28,31,32);1H. The van der Waals surface area contributed by atoms with Gasteiger partial charge in [-0.05, 0) is 25.5 Å². The fraction of sp³-hybridized carbons (Fsp3) is 0.286. The molecule has 3 rings (SSSR count). The van der Waals surface area contributed by atoms with Crippen LogP contribution in [0, 0.1) is 18.6 Å². The van der Waals surface area contributed by atoms with Gasteiger partial charge in [-0.3, -0.25) is 4.98 Å². The number of alkyl halides is 3. The van der Waals surface area contributed by atoms with E-state index in [9.17, 15) is 26.7 Å². The number of fused-ring (bicyclic) bond motifs is 1. The highest BCUT2D eigenvalue weighted by Crippen LogP contribution is 2.32. The van der Waals surface area contributed by atoms with Crippen LogP contribution in [0.25, 0.3) is 22.0 Å². The molecule has 0 aliphatic carbocycles. The van der Waals surface area contributed by atoms with Crippen LogP contribution >= 0.6 is 12.4 Å². The summed E-state index contributed by atoms with van der Waals surface area (Å²) in [6.45, 7) is 1.41. The second kappa shape index (κ2) is 10.6. The van der Waals surface area contributed by atoms with Crippen molar-refractivity contribution in [1.29, 1.82) is 0 Å². The number of carbonyl (C=O) groups is 1. The summed E-state index contributed by atoms with van der Waals surface area (Å²) in [5.74, 6) is -1.27. The molecule has 0 bridgehead atoms. The molecule has 0 spiro atoms. The maximum absolute atomic E-state index is 14.6. The zero-order chi connectivity index (χ0) is 23.5. The average Bonchev–Trinajstić information content (AvgIpc) is 2.72. The minimum Gasteiger partial charge on any atom is -0.373 e. The number of rotatable bonds is 6. The van der Waals surface area contributed by atoms with Crippen LogP contribution in [0.3, 0.4) is 0 Å². The number of aromatic nitrogens is 2. The van der Waals surface area contributed by atoms with Crippen LogP contribution < -0.4 is 16.0 Å². The van der Waals surface area contributed by atoms with Gasteiger partial charge in [-0.15, -0.1) is 12.4 Å². The topological polar surface area (TPSA) is 78.9 Å². The van der Waals surface area contributed by atoms with E-state index in [1.54, 1.807) is 32.3 Å². The van der Waals surface area contributed by atoms with Crippen LogP contribution in [0.1, 0.15) is 18.5 Å². The first-order valence-corrected chi connectivity index (χ1v) is 9.63. The first-order valence-electron chi connectivity index (χ1n) is 9.63. The minimum atomic E-state index is -4.33. The van der Waals surface area contributed by atoms with Gasteiger partial charge < -0.3 is 16.0 Å². The maximum atomic E-state index is 14.6. The number of nitrogens with zero attached hydrogens (tertiary/aromatic N) is 2. The van der Waals surface area contributed by atoms with Crippen LogP contribution in [-0.4, -0.2) is 35.8 Å². The lowest BCUT2D eigenvalue weighted by Gasteiger charge is -2.13. The molecule has 0 aliphatic rings. The van der Waals surface area contributed by atoms with Crippen LogP contribution in [0.2, 0.25) is 0 Å². The lowest BCUT2D eigenvalue weighted by Crippen LogP contribution is -2.30. The van der Waals surface area contributed by atoms with Crippen molar-refractivity contribution < 1.29 is 26.7 Å². The molecule has 2 amide bonds. The number of pyridine rings is 2. The van der Waals surface area contributed by atoms with Gasteiger partial charge in [0.15, 0.2) is 0 Å². The third-order valence-corrected chi connectivity index (χ3v) is 4.66. The number of hydrogen-bond acceptors (Lipinski definition) is 4. The summed E-state index contributed by atoms with van der Waals surface area (Å²) in [6.07, 6.45) is -4.14. The molecule has 3 aromatic rings. The second-order valence-corrected chi connectivity index (χ2v) is 7.05. The fourth-order valence-corrected chi connectivity index (χ4v) is 3.08. The van der Waals surface area contributed by atoms with E-state index in [1.807, 2.05) is 0 Å². The molecule has 0 unspecified atom stereocenters. The molecule has 33 heavy (non-hydrogen) atoms. The number of urea groups is 1. The van der Waals surface area contributed by atoms with Crippen LogP contribution in [-0.2, 0) is 0 Å². The number of halogens is 6. The first-order chi connectivity index (χ1) is 15.1. The normalized spacial score (nSPS) is 11.1. The van der Waals surface area contributed by atoms with E-state index in [0.717, 1.165) is 6.07 Å². The van der Waals surface area contributed by atoms with Gasteiger partial charge in [0.25, 0.3) is 0 Å². The zero-order valence-electron chi connectivity index (χ0n) is 17.6. The summed E-state index contributed by atoms with van der Waals surface area (Å²) in [5.41, 5.74) is 1.16. The van der Waals surface area contributed by atoms with Crippen molar-refractivity contribution in [3.8, 4) is 11.1 Å². The number of aryl methyl sites for hydroxylation is 1. The summed E-state index contributed by atoms with van der Waals surface area (Å²) in [7, 11) is 1.71. The molecule has 178 valence electrons. The third kappa shape index (κ3) is 6.64. The van der Waals surface area contributed by atoms with Crippen molar-refractivity contribution in [2.45, 2.75) is 25.9 Å². The van der Waals surface area contributed by atoms with Crippen molar-refractivity contribution in [2.24, 2.45) is 0 Å². The highest BCUT2D eigenvalue weighted by atomic mass is 35.5. The Kier molecular flexibility index (Phi) is 8.37. The van der Waals surface area contributed by atoms with Crippen LogP contribution in [0.5, 0.6) is 0 Å². The molecule has 12 heteroatoms. The van der Waals surface area contributed by atoms with E-state index in [0.29, 0.717) is 34.0 Å². The average molecular weight is 490 g/mol. The van der Waals surface area contributed by atoms with Gasteiger partial charge in [-0.1, -0.05) is 0 Å². The Morgan fingerprint density at radius 2 is 1.79 bits per heavy atom. The molecular weight excluding hydrogens is 469 g/mol. The number of anilines is 2. The summed E-state index contributed by atoms with van der Waals surface area (Å²) in [5, 5.41) is 7.94. The Morgan fingerprint density at radius 3 is 2.45 bits per heavy atom. The second-order valence-electron chi connectivity index (χ2n) is 7.05. The molecule has 2 aromatic heterocycles. The van der Waals surface area contributed by atoms with Crippen molar-refractivity contribution in [2.75, 3.05) is 24.2 Å². The Hall–Kier alpha value is -3.21. The lowest BCUT2D eigenvalue weighted by molar-refractivity contribution is -0.135. The van der Waals surface area contributed by atoms with Crippen molar-refractivity contribution in [3.05, 3.63) is 47.8 Å². The molecule has 0 atom stereocenters. The molecule has 1 aromatic carbocycles. The van der Waals surface area contributed by atoms with Crippen molar-refractivity contribution >= 4 is 40.8 Å². The SMILES string of the molecule is CNc1cc2nc(C)c(-c3cc(NC(=O)NCCCC(F)(F)F)c(F)cc3F)cc2cn1.Cl. The highest BCUT2D eigenvalue weighted by Gasteiger charge is 2.26. The molecule has 0 fully saturated rings. The fourth-order valence-electron chi connectivity index (χ4n) is 3.08. The van der Waals surface area contributed by atoms with Gasteiger partial charge in [0, 0.05) is 60.5 Å². The van der Waals surface area contributed by atoms with E-state index in [-0.39, 0.29) is 36.6 Å². The third-order valence-electron chi connectivity index (χ3n) is 4.66. The Labute approximate surface area is 192 Å². The first kappa shape index (κ1) is 26.0. The van der Waals surface area contributed by atoms with Gasteiger partial charge in [0.1, 0.15) is 17.5 Å². The number of nitrogens with one attached hydrogen (secondary N) is 3. The highest BCUT2D eigenvalue weighted by molar-refractivity contribution is 5.91. The van der Waals surface area contributed by atoms with E-state index >= 15 is 0 Å². The van der Waals surface area contributed by atoms with Gasteiger partial charge >= 0.3 is 12.2 Å². The quantitative estimate of drug-likeness (QED) is 0.301. The molecule has 0 aliphatic heterocycles. The molecule has 0 radical (unpaired) electrons. The monoisotopic (exact) mass is 489 g/mol. The number of carbonyl (C=O) groups excluding carboxylic acids is 1. The molecule has 0 saturated carbocycles. The smallest absolute Gasteiger partial charge is 0.373 e. The predicted molar refractivity (Wildman–Crippen MR) is 119 cm³/mol. The Bertz CT molecular complexity index is 1160. The molecular formula is C21H21ClF5N5O. The van der Waals surface area contributed by atoms with Gasteiger partial charge in [-0.2, -0.15) is 13.2 Å². The maximum Gasteiger partial charge on any atom is 0.389 e. The lowest BCUT2D eigenvalue weighted by atomic mass is 10.0. The molecule has 6 nitrogen and oxygen atoms in total. The summed E-state index contributed by atoms with van der Waals surface area (Å²) in [6, 6.07) is 4.22. The van der Waals surface area contributed by atoms with Gasteiger partial charge in [0.05, 0.1) is 11.2 Å². The number of amides is 2. The van der Waals surface area contributed by atoms with E-state index in [4.69, 9.17) is 0 Å². The van der Waals surface area contributed by atoms with Gasteiger partial charge in [-0.25, -0.2) is 18.6 Å². The number of benzene rings is 1. The molecule has 2 heterocycles. The summed E-state index contributed by atoms with van der Waals surface area (Å²) < 4.78 is 65.3. The van der Waals surface area contributed by atoms with Crippen molar-refractivity contribution in [3.63, 3.8) is 0 Å². The van der Waals surface area contributed by atoms with E-state index < -0.39 is 30.3 Å². The van der Waals surface area contributed by atoms with Gasteiger partial charge in [0.2, 0.25) is 0 Å². The van der Waals surface area contributed by atoms with E-state index in [1.165, 1.54) is 0 Å².